The molecule has 0 spiro atoms. The number of nitrogens with one attached hydrogen (secondary N) is 1. The Labute approximate surface area is 124 Å². The van der Waals surface area contributed by atoms with Gasteiger partial charge in [-0.1, -0.05) is 0 Å². The molecule has 2 heterocycles. The van der Waals surface area contributed by atoms with Crippen molar-refractivity contribution in [2.45, 2.75) is 44.9 Å². The van der Waals surface area contributed by atoms with Gasteiger partial charge in [-0.2, -0.15) is 10.7 Å². The number of nitrogens with zero attached hydrogens (tertiary/aromatic N) is 4. The Bertz CT molecular complexity index is 494. The largest absolute Gasteiger partial charge is 0.299 e. The lowest BCUT2D eigenvalue weighted by Gasteiger charge is -2.36. The quantitative estimate of drug-likeness (QED) is 0.808. The zero-order valence-corrected chi connectivity index (χ0v) is 12.4. The van der Waals surface area contributed by atoms with E-state index in [1.54, 1.807) is 12.4 Å². The van der Waals surface area contributed by atoms with Crippen molar-refractivity contribution in [1.82, 2.24) is 19.9 Å². The van der Waals surface area contributed by atoms with Gasteiger partial charge in [-0.3, -0.25) is 19.1 Å². The van der Waals surface area contributed by atoms with Crippen LogP contribution in [-0.2, 0) is 4.84 Å². The first-order chi connectivity index (χ1) is 10.1. The van der Waals surface area contributed by atoms with Gasteiger partial charge in [-0.15, -0.1) is 0 Å². The van der Waals surface area contributed by atoms with Gasteiger partial charge >= 0.3 is 0 Å². The second kappa shape index (κ2) is 7.31. The summed E-state index contributed by atoms with van der Waals surface area (Å²) >= 11 is 0. The van der Waals surface area contributed by atoms with E-state index in [4.69, 9.17) is 4.84 Å². The standard InChI is InChI=1S/C14H21N5O2/c1-11(2)21-17-12-3-4-13(7-15)19(8-12)9-14(20)18-6-5-16-10-18/h5-6,10-13,17H,3-4,8-9H2,1-2H3/t12-,13+/m1/s1. The maximum atomic E-state index is 12.1. The van der Waals surface area contributed by atoms with E-state index in [1.807, 2.05) is 18.7 Å². The van der Waals surface area contributed by atoms with Crippen LogP contribution in [0.5, 0.6) is 0 Å². The van der Waals surface area contributed by atoms with Crippen LogP contribution in [0.2, 0.25) is 0 Å². The van der Waals surface area contributed by atoms with Gasteiger partial charge in [0.25, 0.3) is 0 Å². The summed E-state index contributed by atoms with van der Waals surface area (Å²) in [6, 6.07) is 2.18. The number of imidazole rings is 1. The highest BCUT2D eigenvalue weighted by molar-refractivity contribution is 5.80. The first-order valence-electron chi connectivity index (χ1n) is 7.16. The fraction of sp³-hybridized carbons (Fsp3) is 0.643. The van der Waals surface area contributed by atoms with Crippen LogP contribution in [-0.4, -0.2) is 51.6 Å². The van der Waals surface area contributed by atoms with Crippen LogP contribution in [0.4, 0.5) is 0 Å². The Balaban J connectivity index is 1.94. The van der Waals surface area contributed by atoms with E-state index < -0.39 is 0 Å². The molecule has 0 aliphatic carbocycles. The van der Waals surface area contributed by atoms with Crippen molar-refractivity contribution in [3.05, 3.63) is 18.7 Å². The molecule has 2 rings (SSSR count). The molecule has 1 aromatic rings. The summed E-state index contributed by atoms with van der Waals surface area (Å²) in [4.78, 5) is 23.3. The Morgan fingerprint density at radius 1 is 1.57 bits per heavy atom. The van der Waals surface area contributed by atoms with Crippen LogP contribution in [0, 0.1) is 11.3 Å². The van der Waals surface area contributed by atoms with Gasteiger partial charge in [0.2, 0.25) is 5.91 Å². The van der Waals surface area contributed by atoms with Crippen molar-refractivity contribution in [3.63, 3.8) is 0 Å². The molecule has 0 bridgehead atoms. The number of piperidine rings is 1. The number of carbonyl (C=O) groups excluding carboxylic acids is 1. The molecule has 2 atom stereocenters. The minimum Gasteiger partial charge on any atom is -0.299 e. The molecule has 1 fully saturated rings. The molecule has 0 aromatic carbocycles. The smallest absolute Gasteiger partial charge is 0.246 e. The van der Waals surface area contributed by atoms with E-state index in [0.29, 0.717) is 6.54 Å². The Morgan fingerprint density at radius 2 is 2.38 bits per heavy atom. The number of likely N-dealkylation sites (tertiary alicyclic amines) is 1. The third-order valence-corrected chi connectivity index (χ3v) is 3.43. The van der Waals surface area contributed by atoms with Crippen LogP contribution in [0.25, 0.3) is 0 Å². The van der Waals surface area contributed by atoms with E-state index in [0.717, 1.165) is 12.8 Å². The monoisotopic (exact) mass is 291 g/mol. The van der Waals surface area contributed by atoms with Gasteiger partial charge in [-0.25, -0.2) is 4.98 Å². The van der Waals surface area contributed by atoms with Crippen molar-refractivity contribution in [1.29, 1.82) is 5.26 Å². The number of hydrogen-bond donors (Lipinski definition) is 1. The molecule has 114 valence electrons. The molecule has 1 aromatic heterocycles. The summed E-state index contributed by atoms with van der Waals surface area (Å²) in [7, 11) is 0. The maximum Gasteiger partial charge on any atom is 0.246 e. The van der Waals surface area contributed by atoms with Crippen LogP contribution in [0.15, 0.2) is 18.7 Å². The topological polar surface area (TPSA) is 83.2 Å². The van der Waals surface area contributed by atoms with Crippen LogP contribution < -0.4 is 5.48 Å². The highest BCUT2D eigenvalue weighted by Crippen LogP contribution is 2.17. The Kier molecular flexibility index (Phi) is 5.44. The van der Waals surface area contributed by atoms with E-state index in [2.05, 4.69) is 16.5 Å². The second-order valence-corrected chi connectivity index (χ2v) is 5.50. The van der Waals surface area contributed by atoms with Crippen molar-refractivity contribution < 1.29 is 9.63 Å². The average Bonchev–Trinajstić information content (AvgIpc) is 2.99. The lowest BCUT2D eigenvalue weighted by molar-refractivity contribution is -0.0428. The van der Waals surface area contributed by atoms with E-state index in [1.165, 1.54) is 10.9 Å². The van der Waals surface area contributed by atoms with Gasteiger partial charge < -0.3 is 0 Å². The van der Waals surface area contributed by atoms with Gasteiger partial charge in [0.15, 0.2) is 0 Å². The summed E-state index contributed by atoms with van der Waals surface area (Å²) in [5, 5.41) is 9.24. The molecule has 1 N–H and O–H groups in total. The van der Waals surface area contributed by atoms with Crippen molar-refractivity contribution >= 4 is 5.91 Å². The highest BCUT2D eigenvalue weighted by atomic mass is 16.7. The van der Waals surface area contributed by atoms with E-state index in [-0.39, 0.29) is 30.6 Å². The minimum atomic E-state index is -0.227. The van der Waals surface area contributed by atoms with Crippen LogP contribution in [0.3, 0.4) is 0 Å². The van der Waals surface area contributed by atoms with Crippen molar-refractivity contribution in [3.8, 4) is 6.07 Å². The average molecular weight is 291 g/mol. The first-order valence-corrected chi connectivity index (χ1v) is 7.16. The molecule has 1 saturated heterocycles. The fourth-order valence-corrected chi connectivity index (χ4v) is 2.35. The number of rotatable bonds is 5. The third kappa shape index (κ3) is 4.36. The molecule has 0 radical (unpaired) electrons. The predicted molar refractivity (Wildman–Crippen MR) is 76.2 cm³/mol. The number of nitriles is 1. The van der Waals surface area contributed by atoms with Gasteiger partial charge in [-0.05, 0) is 26.7 Å². The molecular weight excluding hydrogens is 270 g/mol. The Hall–Kier alpha value is -1.75. The highest BCUT2D eigenvalue weighted by Gasteiger charge is 2.30. The molecule has 7 heteroatoms. The van der Waals surface area contributed by atoms with Gasteiger partial charge in [0, 0.05) is 25.0 Å². The summed E-state index contributed by atoms with van der Waals surface area (Å²) < 4.78 is 1.44. The fourth-order valence-electron chi connectivity index (χ4n) is 2.35. The number of aromatic nitrogens is 2. The second-order valence-electron chi connectivity index (χ2n) is 5.50. The molecule has 1 aliphatic heterocycles. The first kappa shape index (κ1) is 15.6. The third-order valence-electron chi connectivity index (χ3n) is 3.43. The van der Waals surface area contributed by atoms with E-state index >= 15 is 0 Å². The van der Waals surface area contributed by atoms with Gasteiger partial charge in [0.1, 0.15) is 6.33 Å². The summed E-state index contributed by atoms with van der Waals surface area (Å²) in [6.45, 7) is 4.72. The maximum absolute atomic E-state index is 12.1. The number of hydroxylamine groups is 1. The normalized spacial score (nSPS) is 23.1. The number of carbonyl (C=O) groups is 1. The molecule has 0 saturated carbocycles. The minimum absolute atomic E-state index is 0.0850. The lowest BCUT2D eigenvalue weighted by Crippen LogP contribution is -2.52. The zero-order chi connectivity index (χ0) is 15.2. The van der Waals surface area contributed by atoms with Crippen LogP contribution in [0.1, 0.15) is 31.5 Å². The number of hydrogen-bond acceptors (Lipinski definition) is 6. The zero-order valence-electron chi connectivity index (χ0n) is 12.4. The SMILES string of the molecule is CC(C)ON[C@@H]1CC[C@@H](C#N)N(CC(=O)n2ccnc2)C1. The molecule has 21 heavy (non-hydrogen) atoms. The van der Waals surface area contributed by atoms with Gasteiger partial charge in [0.05, 0.1) is 24.8 Å². The molecule has 1 aliphatic rings. The van der Waals surface area contributed by atoms with Crippen LogP contribution >= 0.6 is 0 Å². The summed E-state index contributed by atoms with van der Waals surface area (Å²) in [5.41, 5.74) is 3.02. The molecule has 0 unspecified atom stereocenters. The molecular formula is C14H21N5O2. The molecule has 0 amide bonds. The van der Waals surface area contributed by atoms with Crippen molar-refractivity contribution in [2.75, 3.05) is 13.1 Å². The molecule has 7 nitrogen and oxygen atoms in total. The van der Waals surface area contributed by atoms with Crippen molar-refractivity contribution in [2.24, 2.45) is 0 Å². The Morgan fingerprint density at radius 3 is 3.00 bits per heavy atom. The lowest BCUT2D eigenvalue weighted by atomic mass is 9.99. The predicted octanol–water partition coefficient (Wildman–Crippen LogP) is 0.809. The van der Waals surface area contributed by atoms with E-state index in [9.17, 15) is 10.1 Å². The summed E-state index contributed by atoms with van der Waals surface area (Å²) in [6.07, 6.45) is 6.35. The summed E-state index contributed by atoms with van der Waals surface area (Å²) in [5.74, 6) is -0.0850.